The lowest BCUT2D eigenvalue weighted by atomic mass is 9.96. The Morgan fingerprint density at radius 2 is 1.90 bits per heavy atom. The summed E-state index contributed by atoms with van der Waals surface area (Å²) in [5, 5.41) is 9.56. The van der Waals surface area contributed by atoms with Gasteiger partial charge in [0, 0.05) is 11.1 Å². The van der Waals surface area contributed by atoms with Crippen molar-refractivity contribution in [1.29, 1.82) is 0 Å². The van der Waals surface area contributed by atoms with E-state index >= 15 is 0 Å². The van der Waals surface area contributed by atoms with E-state index in [9.17, 15) is 4.79 Å². The summed E-state index contributed by atoms with van der Waals surface area (Å²) in [5.41, 5.74) is 1.82. The molecule has 106 valence electrons. The number of H-pyrrole nitrogens is 1. The molecule has 0 saturated heterocycles. The molecule has 0 radical (unpaired) electrons. The second-order valence-corrected chi connectivity index (χ2v) is 5.76. The van der Waals surface area contributed by atoms with Gasteiger partial charge in [0.05, 0.1) is 0 Å². The highest BCUT2D eigenvalue weighted by Crippen LogP contribution is 2.17. The molecule has 0 spiro atoms. The molecule has 0 bridgehead atoms. The quantitative estimate of drug-likeness (QED) is 0.902. The topological polar surface area (TPSA) is 70.7 Å². The fourth-order valence-electron chi connectivity index (χ4n) is 1.71. The summed E-state index contributed by atoms with van der Waals surface area (Å²) in [6.45, 7) is 8.13. The number of aryl methyl sites for hydroxylation is 1. The minimum absolute atomic E-state index is 0.158. The number of amides is 1. The fraction of sp³-hybridized carbons (Fsp3) is 0.400. The number of aromatic amines is 1. The van der Waals surface area contributed by atoms with E-state index in [0.717, 1.165) is 12.1 Å². The maximum absolute atomic E-state index is 12.1. The number of aromatic nitrogens is 3. The van der Waals surface area contributed by atoms with Gasteiger partial charge in [0.25, 0.3) is 5.91 Å². The van der Waals surface area contributed by atoms with Crippen LogP contribution in [0, 0.1) is 0 Å². The van der Waals surface area contributed by atoms with E-state index in [1.165, 1.54) is 5.56 Å². The molecule has 0 aliphatic heterocycles. The van der Waals surface area contributed by atoms with Crippen molar-refractivity contribution in [2.45, 2.75) is 39.5 Å². The van der Waals surface area contributed by atoms with E-state index in [0.29, 0.717) is 5.82 Å². The number of hydrogen-bond donors (Lipinski definition) is 2. The van der Waals surface area contributed by atoms with Crippen LogP contribution >= 0.6 is 0 Å². The molecule has 1 aromatic carbocycles. The molecule has 5 heteroatoms. The van der Waals surface area contributed by atoms with Gasteiger partial charge < -0.3 is 5.32 Å². The molecule has 1 aromatic heterocycles. The monoisotopic (exact) mass is 272 g/mol. The molecule has 0 fully saturated rings. The zero-order valence-electron chi connectivity index (χ0n) is 12.3. The SMILES string of the molecule is CCc1ccc(NC(=O)c2n[nH]c(C(C)(C)C)n2)cc1. The Kier molecular flexibility index (Phi) is 3.88. The number of nitrogens with one attached hydrogen (secondary N) is 2. The van der Waals surface area contributed by atoms with Gasteiger partial charge in [-0.05, 0) is 24.1 Å². The standard InChI is InChI=1S/C15H20N4O/c1-5-10-6-8-11(9-7-10)16-13(20)12-17-14(19-18-12)15(2,3)4/h6-9H,5H2,1-4H3,(H,16,20)(H,17,18,19). The van der Waals surface area contributed by atoms with E-state index in [4.69, 9.17) is 0 Å². The fourth-order valence-corrected chi connectivity index (χ4v) is 1.71. The van der Waals surface area contributed by atoms with Crippen molar-refractivity contribution in [3.8, 4) is 0 Å². The van der Waals surface area contributed by atoms with Gasteiger partial charge in [-0.1, -0.05) is 39.8 Å². The summed E-state index contributed by atoms with van der Waals surface area (Å²) < 4.78 is 0. The van der Waals surface area contributed by atoms with Crippen LogP contribution in [0.25, 0.3) is 0 Å². The van der Waals surface area contributed by atoms with E-state index in [2.05, 4.69) is 27.4 Å². The second kappa shape index (κ2) is 5.45. The number of carbonyl (C=O) groups excluding carboxylic acids is 1. The summed E-state index contributed by atoms with van der Waals surface area (Å²) in [6, 6.07) is 7.75. The highest BCUT2D eigenvalue weighted by Gasteiger charge is 2.21. The Morgan fingerprint density at radius 3 is 2.40 bits per heavy atom. The van der Waals surface area contributed by atoms with Crippen LogP contribution in [0.2, 0.25) is 0 Å². The normalized spacial score (nSPS) is 11.4. The van der Waals surface area contributed by atoms with Crippen molar-refractivity contribution >= 4 is 11.6 Å². The molecule has 2 rings (SSSR count). The number of carbonyl (C=O) groups is 1. The van der Waals surface area contributed by atoms with Crippen molar-refractivity contribution in [2.75, 3.05) is 5.32 Å². The largest absolute Gasteiger partial charge is 0.319 e. The first-order valence-corrected chi connectivity index (χ1v) is 6.73. The Morgan fingerprint density at radius 1 is 1.25 bits per heavy atom. The lowest BCUT2D eigenvalue weighted by Crippen LogP contribution is -2.16. The molecule has 0 aliphatic carbocycles. The number of rotatable bonds is 3. The third-order valence-electron chi connectivity index (χ3n) is 3.02. The molecule has 0 aliphatic rings. The molecule has 1 amide bonds. The predicted octanol–water partition coefficient (Wildman–Crippen LogP) is 2.92. The van der Waals surface area contributed by atoms with E-state index in [-0.39, 0.29) is 17.1 Å². The summed E-state index contributed by atoms with van der Waals surface area (Å²) in [5.74, 6) is 0.555. The minimum Gasteiger partial charge on any atom is -0.319 e. The Labute approximate surface area is 118 Å². The molecule has 2 aromatic rings. The van der Waals surface area contributed by atoms with Crippen LogP contribution in [0.1, 0.15) is 49.7 Å². The molecule has 1 heterocycles. The first-order chi connectivity index (χ1) is 9.40. The third kappa shape index (κ3) is 3.23. The summed E-state index contributed by atoms with van der Waals surface area (Å²) in [4.78, 5) is 16.3. The predicted molar refractivity (Wildman–Crippen MR) is 78.9 cm³/mol. The van der Waals surface area contributed by atoms with Crippen molar-refractivity contribution in [3.63, 3.8) is 0 Å². The average Bonchev–Trinajstić information content (AvgIpc) is 2.89. The molecule has 0 atom stereocenters. The van der Waals surface area contributed by atoms with Gasteiger partial charge in [-0.15, -0.1) is 5.10 Å². The van der Waals surface area contributed by atoms with Crippen LogP contribution in [0.3, 0.4) is 0 Å². The smallest absolute Gasteiger partial charge is 0.295 e. The third-order valence-corrected chi connectivity index (χ3v) is 3.02. The first-order valence-electron chi connectivity index (χ1n) is 6.73. The summed E-state index contributed by atoms with van der Waals surface area (Å²) in [7, 11) is 0. The van der Waals surface area contributed by atoms with Crippen LogP contribution < -0.4 is 5.32 Å². The zero-order valence-corrected chi connectivity index (χ0v) is 12.3. The van der Waals surface area contributed by atoms with Crippen LogP contribution in [0.15, 0.2) is 24.3 Å². The van der Waals surface area contributed by atoms with Gasteiger partial charge in [0.2, 0.25) is 5.82 Å². The van der Waals surface area contributed by atoms with Gasteiger partial charge >= 0.3 is 0 Å². The van der Waals surface area contributed by atoms with Gasteiger partial charge in [0.1, 0.15) is 5.82 Å². The molecule has 5 nitrogen and oxygen atoms in total. The second-order valence-electron chi connectivity index (χ2n) is 5.76. The van der Waals surface area contributed by atoms with Gasteiger partial charge in [-0.3, -0.25) is 9.89 Å². The maximum atomic E-state index is 12.1. The van der Waals surface area contributed by atoms with Crippen molar-refractivity contribution in [2.24, 2.45) is 0 Å². The molecular formula is C15H20N4O. The number of hydrogen-bond acceptors (Lipinski definition) is 3. The van der Waals surface area contributed by atoms with Gasteiger partial charge in [-0.2, -0.15) is 0 Å². The number of anilines is 1. The molecule has 20 heavy (non-hydrogen) atoms. The Balaban J connectivity index is 2.09. The van der Waals surface area contributed by atoms with Crippen molar-refractivity contribution in [1.82, 2.24) is 15.2 Å². The lowest BCUT2D eigenvalue weighted by molar-refractivity contribution is 0.101. The highest BCUT2D eigenvalue weighted by molar-refractivity contribution is 6.01. The summed E-state index contributed by atoms with van der Waals surface area (Å²) >= 11 is 0. The van der Waals surface area contributed by atoms with Crippen LogP contribution in [0.4, 0.5) is 5.69 Å². The van der Waals surface area contributed by atoms with Crippen LogP contribution in [-0.4, -0.2) is 21.1 Å². The lowest BCUT2D eigenvalue weighted by Gasteiger charge is -2.12. The van der Waals surface area contributed by atoms with E-state index in [1.807, 2.05) is 45.0 Å². The Bertz CT molecular complexity index is 593. The van der Waals surface area contributed by atoms with E-state index < -0.39 is 0 Å². The van der Waals surface area contributed by atoms with Gasteiger partial charge in [0.15, 0.2) is 0 Å². The average molecular weight is 272 g/mol. The highest BCUT2D eigenvalue weighted by atomic mass is 16.2. The van der Waals surface area contributed by atoms with Crippen molar-refractivity contribution < 1.29 is 4.79 Å². The minimum atomic E-state index is -0.305. The zero-order chi connectivity index (χ0) is 14.8. The first kappa shape index (κ1) is 14.2. The summed E-state index contributed by atoms with van der Waals surface area (Å²) in [6.07, 6.45) is 0.976. The van der Waals surface area contributed by atoms with Crippen LogP contribution in [-0.2, 0) is 11.8 Å². The number of nitrogens with zero attached hydrogens (tertiary/aromatic N) is 2. The maximum Gasteiger partial charge on any atom is 0.295 e. The number of benzene rings is 1. The molecule has 0 unspecified atom stereocenters. The van der Waals surface area contributed by atoms with Crippen molar-refractivity contribution in [3.05, 3.63) is 41.5 Å². The Hall–Kier alpha value is -2.17. The van der Waals surface area contributed by atoms with Gasteiger partial charge in [-0.25, -0.2) is 4.98 Å². The molecule has 2 N–H and O–H groups in total. The molecule has 0 saturated carbocycles. The molecular weight excluding hydrogens is 252 g/mol. The van der Waals surface area contributed by atoms with Crippen LogP contribution in [0.5, 0.6) is 0 Å². The van der Waals surface area contributed by atoms with E-state index in [1.54, 1.807) is 0 Å².